The summed E-state index contributed by atoms with van der Waals surface area (Å²) in [6.07, 6.45) is 1.16. The van der Waals surface area contributed by atoms with E-state index < -0.39 is 0 Å². The second kappa shape index (κ2) is 12.0. The average molecular weight is 267 g/mol. The van der Waals surface area contributed by atoms with Gasteiger partial charge in [0.05, 0.1) is 26.4 Å². The maximum Gasteiger partial charge on any atom is 0.119 e. The Kier molecular flexibility index (Phi) is 10.0. The van der Waals surface area contributed by atoms with Gasteiger partial charge in [0.1, 0.15) is 12.4 Å². The van der Waals surface area contributed by atoms with Crippen LogP contribution in [0.15, 0.2) is 30.3 Å². The Hall–Kier alpha value is -1.10. The molecule has 1 aromatic carbocycles. The maximum atomic E-state index is 5.50. The molecule has 0 aliphatic rings. The first-order chi connectivity index (χ1) is 9.43. The van der Waals surface area contributed by atoms with E-state index in [1.807, 2.05) is 30.3 Å². The highest BCUT2D eigenvalue weighted by molar-refractivity contribution is 5.20. The molecule has 0 spiro atoms. The molecule has 4 heteroatoms. The lowest BCUT2D eigenvalue weighted by Crippen LogP contribution is -2.21. The third kappa shape index (κ3) is 9.47. The van der Waals surface area contributed by atoms with Gasteiger partial charge in [-0.3, -0.25) is 0 Å². The minimum atomic E-state index is 0.571. The molecule has 1 N–H and O–H groups in total. The SMILES string of the molecule is CCCNCCOCCOCCOc1ccccc1. The number of nitrogens with one attached hydrogen (secondary N) is 1. The molecule has 0 atom stereocenters. The van der Waals surface area contributed by atoms with E-state index in [2.05, 4.69) is 12.2 Å². The van der Waals surface area contributed by atoms with Crippen molar-refractivity contribution in [3.8, 4) is 5.75 Å². The van der Waals surface area contributed by atoms with Gasteiger partial charge in [0, 0.05) is 6.54 Å². The molecule has 0 bridgehead atoms. The number of ether oxygens (including phenoxy) is 3. The van der Waals surface area contributed by atoms with Crippen molar-refractivity contribution >= 4 is 0 Å². The van der Waals surface area contributed by atoms with E-state index in [-0.39, 0.29) is 0 Å². The van der Waals surface area contributed by atoms with E-state index in [9.17, 15) is 0 Å². The highest BCUT2D eigenvalue weighted by Gasteiger charge is 1.93. The Morgan fingerprint density at radius 2 is 1.53 bits per heavy atom. The van der Waals surface area contributed by atoms with Crippen LogP contribution in [0.2, 0.25) is 0 Å². The Balaban J connectivity index is 1.79. The van der Waals surface area contributed by atoms with Crippen molar-refractivity contribution in [2.75, 3.05) is 46.1 Å². The van der Waals surface area contributed by atoms with Crippen LogP contribution in [0, 0.1) is 0 Å². The van der Waals surface area contributed by atoms with Crippen molar-refractivity contribution in [1.29, 1.82) is 0 Å². The maximum absolute atomic E-state index is 5.50. The molecule has 4 nitrogen and oxygen atoms in total. The molecule has 0 aliphatic carbocycles. The molecule has 0 saturated heterocycles. The number of para-hydroxylation sites is 1. The van der Waals surface area contributed by atoms with Crippen LogP contribution in [0.4, 0.5) is 0 Å². The monoisotopic (exact) mass is 267 g/mol. The van der Waals surface area contributed by atoms with Crippen LogP contribution in [0.25, 0.3) is 0 Å². The second-order valence-electron chi connectivity index (χ2n) is 4.14. The predicted molar refractivity (Wildman–Crippen MR) is 76.7 cm³/mol. The summed E-state index contributed by atoms with van der Waals surface area (Å²) in [6.45, 7) is 7.27. The first kappa shape index (κ1) is 16.0. The lowest BCUT2D eigenvalue weighted by molar-refractivity contribution is 0.0373. The topological polar surface area (TPSA) is 39.7 Å². The smallest absolute Gasteiger partial charge is 0.119 e. The molecule has 0 aliphatic heterocycles. The van der Waals surface area contributed by atoms with Crippen LogP contribution in [0.1, 0.15) is 13.3 Å². The molecule has 19 heavy (non-hydrogen) atoms. The molecular formula is C15H25NO3. The zero-order valence-corrected chi connectivity index (χ0v) is 11.8. The standard InChI is InChI=1S/C15H25NO3/c1-2-8-16-9-10-17-11-12-18-13-14-19-15-6-4-3-5-7-15/h3-7,16H,2,8-14H2,1H3. The normalized spacial score (nSPS) is 10.6. The van der Waals surface area contributed by atoms with Crippen molar-refractivity contribution < 1.29 is 14.2 Å². The van der Waals surface area contributed by atoms with Crippen molar-refractivity contribution in [3.63, 3.8) is 0 Å². The van der Waals surface area contributed by atoms with E-state index >= 15 is 0 Å². The van der Waals surface area contributed by atoms with Crippen LogP contribution < -0.4 is 10.1 Å². The summed E-state index contributed by atoms with van der Waals surface area (Å²) in [7, 11) is 0. The summed E-state index contributed by atoms with van der Waals surface area (Å²) in [5.74, 6) is 0.879. The number of rotatable bonds is 12. The molecule has 0 amide bonds. The molecule has 1 aromatic rings. The summed E-state index contributed by atoms with van der Waals surface area (Å²) >= 11 is 0. The van der Waals surface area contributed by atoms with Gasteiger partial charge in [0.2, 0.25) is 0 Å². The van der Waals surface area contributed by atoms with Crippen molar-refractivity contribution in [1.82, 2.24) is 5.32 Å². The Morgan fingerprint density at radius 1 is 0.842 bits per heavy atom. The first-order valence-corrected chi connectivity index (χ1v) is 6.97. The summed E-state index contributed by atoms with van der Waals surface area (Å²) in [5, 5.41) is 3.28. The van der Waals surface area contributed by atoms with Gasteiger partial charge in [-0.2, -0.15) is 0 Å². The largest absolute Gasteiger partial charge is 0.491 e. The van der Waals surface area contributed by atoms with E-state index in [1.54, 1.807) is 0 Å². The Bertz CT molecular complexity index is 293. The van der Waals surface area contributed by atoms with Crippen LogP contribution >= 0.6 is 0 Å². The van der Waals surface area contributed by atoms with Crippen molar-refractivity contribution in [2.45, 2.75) is 13.3 Å². The van der Waals surface area contributed by atoms with Gasteiger partial charge in [-0.15, -0.1) is 0 Å². The average Bonchev–Trinajstić information content (AvgIpc) is 2.46. The molecule has 108 valence electrons. The fourth-order valence-corrected chi connectivity index (χ4v) is 1.50. The zero-order valence-electron chi connectivity index (χ0n) is 11.8. The summed E-state index contributed by atoms with van der Waals surface area (Å²) < 4.78 is 16.3. The fourth-order valence-electron chi connectivity index (χ4n) is 1.50. The van der Waals surface area contributed by atoms with Crippen molar-refractivity contribution in [2.24, 2.45) is 0 Å². The molecule has 0 aromatic heterocycles. The quantitative estimate of drug-likeness (QED) is 0.589. The van der Waals surface area contributed by atoms with Crippen molar-refractivity contribution in [3.05, 3.63) is 30.3 Å². The minimum Gasteiger partial charge on any atom is -0.491 e. The van der Waals surface area contributed by atoms with E-state index in [1.165, 1.54) is 0 Å². The minimum absolute atomic E-state index is 0.571. The molecule has 0 saturated carbocycles. The zero-order chi connectivity index (χ0) is 13.6. The number of benzene rings is 1. The predicted octanol–water partition coefficient (Wildman–Crippen LogP) is 2.10. The number of hydrogen-bond donors (Lipinski definition) is 1. The third-order valence-electron chi connectivity index (χ3n) is 2.46. The van der Waals surface area contributed by atoms with E-state index in [0.29, 0.717) is 26.4 Å². The summed E-state index contributed by atoms with van der Waals surface area (Å²) in [6, 6.07) is 9.75. The third-order valence-corrected chi connectivity index (χ3v) is 2.46. The van der Waals surface area contributed by atoms with E-state index in [0.717, 1.165) is 31.9 Å². The highest BCUT2D eigenvalue weighted by atomic mass is 16.5. The fraction of sp³-hybridized carbons (Fsp3) is 0.600. The summed E-state index contributed by atoms with van der Waals surface area (Å²) in [5.41, 5.74) is 0. The lowest BCUT2D eigenvalue weighted by atomic mass is 10.3. The Morgan fingerprint density at radius 3 is 2.26 bits per heavy atom. The van der Waals surface area contributed by atoms with Gasteiger partial charge in [0.25, 0.3) is 0 Å². The lowest BCUT2D eigenvalue weighted by Gasteiger charge is -2.08. The first-order valence-electron chi connectivity index (χ1n) is 6.97. The van der Waals surface area contributed by atoms with E-state index in [4.69, 9.17) is 14.2 Å². The van der Waals surface area contributed by atoms with Gasteiger partial charge in [-0.05, 0) is 25.1 Å². The van der Waals surface area contributed by atoms with Crippen LogP contribution in [0.3, 0.4) is 0 Å². The highest BCUT2D eigenvalue weighted by Crippen LogP contribution is 2.07. The molecule has 0 fully saturated rings. The molecule has 0 unspecified atom stereocenters. The molecular weight excluding hydrogens is 242 g/mol. The second-order valence-corrected chi connectivity index (χ2v) is 4.14. The van der Waals surface area contributed by atoms with Gasteiger partial charge in [-0.1, -0.05) is 25.1 Å². The Labute approximate surface area is 116 Å². The molecule has 0 heterocycles. The molecule has 1 rings (SSSR count). The van der Waals surface area contributed by atoms with Gasteiger partial charge < -0.3 is 19.5 Å². The van der Waals surface area contributed by atoms with Crippen LogP contribution in [0.5, 0.6) is 5.75 Å². The van der Waals surface area contributed by atoms with Crippen LogP contribution in [-0.2, 0) is 9.47 Å². The number of hydrogen-bond acceptors (Lipinski definition) is 4. The molecule has 0 radical (unpaired) electrons. The van der Waals surface area contributed by atoms with Crippen LogP contribution in [-0.4, -0.2) is 46.1 Å². The van der Waals surface area contributed by atoms with Gasteiger partial charge >= 0.3 is 0 Å². The van der Waals surface area contributed by atoms with Gasteiger partial charge in [0.15, 0.2) is 0 Å². The van der Waals surface area contributed by atoms with Gasteiger partial charge in [-0.25, -0.2) is 0 Å². The summed E-state index contributed by atoms with van der Waals surface area (Å²) in [4.78, 5) is 0.